The van der Waals surface area contributed by atoms with Crippen molar-refractivity contribution < 1.29 is 4.42 Å². The van der Waals surface area contributed by atoms with Crippen LogP contribution in [0.15, 0.2) is 27.8 Å². The number of hydrogen-bond acceptors (Lipinski definition) is 3. The van der Waals surface area contributed by atoms with Crippen LogP contribution < -0.4 is 5.32 Å². The highest BCUT2D eigenvalue weighted by atomic mass is 127. The van der Waals surface area contributed by atoms with Gasteiger partial charge in [-0.3, -0.25) is 4.99 Å². The molecule has 6 heteroatoms. The highest BCUT2D eigenvalue weighted by Gasteiger charge is 2.27. The summed E-state index contributed by atoms with van der Waals surface area (Å²) in [6, 6.07) is 3.99. The summed E-state index contributed by atoms with van der Waals surface area (Å²) >= 11 is 0. The summed E-state index contributed by atoms with van der Waals surface area (Å²) in [6.07, 6.45) is 9.07. The molecule has 1 unspecified atom stereocenters. The number of aliphatic imine (C=N–C) groups is 1. The Morgan fingerprint density at radius 1 is 1.31 bits per heavy atom. The van der Waals surface area contributed by atoms with E-state index in [4.69, 9.17) is 9.41 Å². The molecule has 0 aliphatic carbocycles. The van der Waals surface area contributed by atoms with Crippen molar-refractivity contribution in [3.63, 3.8) is 0 Å². The Morgan fingerprint density at radius 2 is 2.15 bits per heavy atom. The Morgan fingerprint density at radius 3 is 2.88 bits per heavy atom. The third kappa shape index (κ3) is 6.76. The number of unbranched alkanes of at least 4 members (excludes halogenated alkanes) is 1. The predicted molar refractivity (Wildman–Crippen MR) is 118 cm³/mol. The van der Waals surface area contributed by atoms with Crippen LogP contribution >= 0.6 is 24.0 Å². The SMILES string of the molecule is CCCCN=C(NCCc1ccco1)N1CCC(CN2CCCC2)C1.I. The molecule has 0 spiro atoms. The lowest BCUT2D eigenvalue weighted by molar-refractivity contribution is 0.281. The van der Waals surface area contributed by atoms with Crippen molar-refractivity contribution in [1.29, 1.82) is 0 Å². The van der Waals surface area contributed by atoms with Gasteiger partial charge < -0.3 is 19.5 Å². The molecule has 5 nitrogen and oxygen atoms in total. The molecule has 3 heterocycles. The van der Waals surface area contributed by atoms with Gasteiger partial charge in [-0.05, 0) is 56.8 Å². The number of nitrogens with one attached hydrogen (secondary N) is 1. The number of guanidine groups is 1. The molecule has 2 fully saturated rings. The molecule has 2 saturated heterocycles. The van der Waals surface area contributed by atoms with Crippen molar-refractivity contribution in [1.82, 2.24) is 15.1 Å². The van der Waals surface area contributed by atoms with Gasteiger partial charge in [-0.1, -0.05) is 13.3 Å². The number of nitrogens with zero attached hydrogens (tertiary/aromatic N) is 3. The number of rotatable bonds is 8. The van der Waals surface area contributed by atoms with Gasteiger partial charge in [-0.2, -0.15) is 0 Å². The number of furan rings is 1. The van der Waals surface area contributed by atoms with E-state index in [1.165, 1.54) is 45.3 Å². The maximum atomic E-state index is 5.43. The summed E-state index contributed by atoms with van der Waals surface area (Å²) < 4.78 is 5.43. The van der Waals surface area contributed by atoms with Gasteiger partial charge in [0.2, 0.25) is 0 Å². The van der Waals surface area contributed by atoms with Crippen molar-refractivity contribution in [3.8, 4) is 0 Å². The van der Waals surface area contributed by atoms with Crippen LogP contribution in [0.5, 0.6) is 0 Å². The summed E-state index contributed by atoms with van der Waals surface area (Å²) in [5, 5.41) is 3.58. The molecule has 1 atom stereocenters. The van der Waals surface area contributed by atoms with Gasteiger partial charge in [0.05, 0.1) is 6.26 Å². The zero-order valence-electron chi connectivity index (χ0n) is 16.2. The first-order chi connectivity index (χ1) is 12.3. The van der Waals surface area contributed by atoms with Crippen LogP contribution in [-0.4, -0.2) is 61.6 Å². The third-order valence-electron chi connectivity index (χ3n) is 5.31. The molecule has 2 aliphatic heterocycles. The van der Waals surface area contributed by atoms with Crippen molar-refractivity contribution >= 4 is 29.9 Å². The molecule has 3 rings (SSSR count). The van der Waals surface area contributed by atoms with E-state index >= 15 is 0 Å². The zero-order chi connectivity index (χ0) is 17.3. The summed E-state index contributed by atoms with van der Waals surface area (Å²) in [5.74, 6) is 2.93. The average Bonchev–Trinajstić information content (AvgIpc) is 3.37. The second-order valence-electron chi connectivity index (χ2n) is 7.42. The van der Waals surface area contributed by atoms with E-state index in [0.717, 1.165) is 56.7 Å². The van der Waals surface area contributed by atoms with Crippen LogP contribution in [0.3, 0.4) is 0 Å². The van der Waals surface area contributed by atoms with Crippen molar-refractivity contribution in [3.05, 3.63) is 24.2 Å². The van der Waals surface area contributed by atoms with Crippen molar-refractivity contribution in [2.45, 2.75) is 45.4 Å². The molecule has 2 aliphatic rings. The Hall–Kier alpha value is -0.760. The molecule has 1 aromatic rings. The third-order valence-corrected chi connectivity index (χ3v) is 5.31. The van der Waals surface area contributed by atoms with Crippen LogP contribution in [0.1, 0.15) is 44.8 Å². The lowest BCUT2D eigenvalue weighted by Crippen LogP contribution is -2.41. The highest BCUT2D eigenvalue weighted by Crippen LogP contribution is 2.20. The molecule has 0 aromatic carbocycles. The second kappa shape index (κ2) is 11.8. The van der Waals surface area contributed by atoms with Crippen LogP contribution in [0, 0.1) is 5.92 Å². The van der Waals surface area contributed by atoms with Gasteiger partial charge in [0, 0.05) is 39.1 Å². The first-order valence-corrected chi connectivity index (χ1v) is 10.1. The number of halogens is 1. The van der Waals surface area contributed by atoms with Gasteiger partial charge in [0.1, 0.15) is 5.76 Å². The summed E-state index contributed by atoms with van der Waals surface area (Å²) in [6.45, 7) is 10.2. The van der Waals surface area contributed by atoms with Gasteiger partial charge in [-0.15, -0.1) is 24.0 Å². The first-order valence-electron chi connectivity index (χ1n) is 10.1. The lowest BCUT2D eigenvalue weighted by Gasteiger charge is -2.23. The van der Waals surface area contributed by atoms with Crippen LogP contribution in [0.2, 0.25) is 0 Å². The van der Waals surface area contributed by atoms with Gasteiger partial charge in [0.25, 0.3) is 0 Å². The summed E-state index contributed by atoms with van der Waals surface area (Å²) in [5.41, 5.74) is 0. The van der Waals surface area contributed by atoms with Crippen LogP contribution in [0.25, 0.3) is 0 Å². The molecular weight excluding hydrogens is 439 g/mol. The summed E-state index contributed by atoms with van der Waals surface area (Å²) in [4.78, 5) is 9.98. The van der Waals surface area contributed by atoms with E-state index < -0.39 is 0 Å². The molecule has 0 bridgehead atoms. The van der Waals surface area contributed by atoms with Crippen LogP contribution in [0.4, 0.5) is 0 Å². The Bertz CT molecular complexity index is 514. The van der Waals surface area contributed by atoms with E-state index in [1.807, 2.05) is 12.1 Å². The highest BCUT2D eigenvalue weighted by molar-refractivity contribution is 14.0. The molecular formula is C20H35IN4O. The Labute approximate surface area is 175 Å². The minimum absolute atomic E-state index is 0. The minimum Gasteiger partial charge on any atom is -0.469 e. The molecule has 148 valence electrons. The summed E-state index contributed by atoms with van der Waals surface area (Å²) in [7, 11) is 0. The maximum Gasteiger partial charge on any atom is 0.193 e. The van der Waals surface area contributed by atoms with Gasteiger partial charge in [0.15, 0.2) is 5.96 Å². The molecule has 0 saturated carbocycles. The standard InChI is InChI=1S/C20H34N4O.HI/c1-2-3-10-21-20(22-11-8-19-7-6-15-25-19)24-14-9-18(17-24)16-23-12-4-5-13-23;/h6-7,15,18H,2-5,8-14,16-17H2,1H3,(H,21,22);1H. The second-order valence-corrected chi connectivity index (χ2v) is 7.42. The topological polar surface area (TPSA) is 44.0 Å². The molecule has 0 amide bonds. The van der Waals surface area contributed by atoms with Gasteiger partial charge in [-0.25, -0.2) is 0 Å². The van der Waals surface area contributed by atoms with Gasteiger partial charge >= 0.3 is 0 Å². The average molecular weight is 474 g/mol. The number of hydrogen-bond donors (Lipinski definition) is 1. The smallest absolute Gasteiger partial charge is 0.193 e. The fraction of sp³-hybridized carbons (Fsp3) is 0.750. The molecule has 1 aromatic heterocycles. The Kier molecular flexibility index (Phi) is 9.82. The van der Waals surface area contributed by atoms with E-state index in [1.54, 1.807) is 6.26 Å². The van der Waals surface area contributed by atoms with Crippen molar-refractivity contribution in [2.24, 2.45) is 10.9 Å². The van der Waals surface area contributed by atoms with Crippen molar-refractivity contribution in [2.75, 3.05) is 45.8 Å². The minimum atomic E-state index is 0. The lowest BCUT2D eigenvalue weighted by atomic mass is 10.1. The quantitative estimate of drug-likeness (QED) is 0.271. The zero-order valence-corrected chi connectivity index (χ0v) is 18.5. The van der Waals surface area contributed by atoms with E-state index in [9.17, 15) is 0 Å². The molecule has 26 heavy (non-hydrogen) atoms. The first kappa shape index (κ1) is 21.5. The Balaban J connectivity index is 0.00000243. The normalized spacial score (nSPS) is 21.2. The fourth-order valence-corrected chi connectivity index (χ4v) is 3.87. The fourth-order valence-electron chi connectivity index (χ4n) is 3.87. The largest absolute Gasteiger partial charge is 0.469 e. The van der Waals surface area contributed by atoms with E-state index in [2.05, 4.69) is 22.0 Å². The van der Waals surface area contributed by atoms with Crippen LogP contribution in [-0.2, 0) is 6.42 Å². The van der Waals surface area contributed by atoms with E-state index in [-0.39, 0.29) is 24.0 Å². The molecule has 1 N–H and O–H groups in total. The monoisotopic (exact) mass is 474 g/mol. The predicted octanol–water partition coefficient (Wildman–Crippen LogP) is 3.60. The molecule has 0 radical (unpaired) electrons. The number of likely N-dealkylation sites (tertiary alicyclic amines) is 2. The maximum absolute atomic E-state index is 5.43. The van der Waals surface area contributed by atoms with E-state index in [0.29, 0.717) is 0 Å².